The molecule has 0 saturated carbocycles. The predicted octanol–water partition coefficient (Wildman–Crippen LogP) is 3.91. The average molecular weight is 434 g/mol. The van der Waals surface area contributed by atoms with Gasteiger partial charge in [-0.3, -0.25) is 9.69 Å². The van der Waals surface area contributed by atoms with E-state index in [1.165, 1.54) is 0 Å². The van der Waals surface area contributed by atoms with Crippen LogP contribution in [0, 0.1) is 6.92 Å². The van der Waals surface area contributed by atoms with Crippen LogP contribution in [0.2, 0.25) is 0 Å². The predicted molar refractivity (Wildman–Crippen MR) is 127 cm³/mol. The number of morpholine rings is 1. The molecule has 6 heteroatoms. The minimum atomic E-state index is -0.0439. The molecule has 1 aliphatic rings. The van der Waals surface area contributed by atoms with Crippen molar-refractivity contribution in [2.75, 3.05) is 46.0 Å². The Hall–Kier alpha value is -3.09. The molecular formula is C26H31N3O3. The van der Waals surface area contributed by atoms with Gasteiger partial charge in [0.25, 0.3) is 5.91 Å². The van der Waals surface area contributed by atoms with Gasteiger partial charge in [-0.25, -0.2) is 0 Å². The number of nitrogens with one attached hydrogen (secondary N) is 1. The summed E-state index contributed by atoms with van der Waals surface area (Å²) in [4.78, 5) is 15.4. The number of aromatic nitrogens is 1. The summed E-state index contributed by atoms with van der Waals surface area (Å²) in [6.07, 6.45) is 0. The van der Waals surface area contributed by atoms with E-state index in [1.54, 1.807) is 0 Å². The SMILES string of the molecule is CCOc1ccc(-n2c(-c3ccccc3)cc(C(=O)NCCN3CCOCC3)c2C)cc1. The average Bonchev–Trinajstić information content (AvgIpc) is 3.18. The van der Waals surface area contributed by atoms with Gasteiger partial charge in [-0.2, -0.15) is 0 Å². The Morgan fingerprint density at radius 2 is 1.78 bits per heavy atom. The number of hydrogen-bond acceptors (Lipinski definition) is 4. The molecule has 1 aliphatic heterocycles. The molecule has 3 aromatic rings. The first-order chi connectivity index (χ1) is 15.7. The highest BCUT2D eigenvalue weighted by Gasteiger charge is 2.20. The van der Waals surface area contributed by atoms with Crippen LogP contribution in [0.25, 0.3) is 16.9 Å². The van der Waals surface area contributed by atoms with E-state index >= 15 is 0 Å². The molecule has 1 saturated heterocycles. The highest BCUT2D eigenvalue weighted by Crippen LogP contribution is 2.30. The second kappa shape index (κ2) is 10.5. The monoisotopic (exact) mass is 433 g/mol. The summed E-state index contributed by atoms with van der Waals surface area (Å²) in [7, 11) is 0. The zero-order valence-electron chi connectivity index (χ0n) is 18.8. The van der Waals surface area contributed by atoms with Crippen LogP contribution >= 0.6 is 0 Å². The van der Waals surface area contributed by atoms with Gasteiger partial charge in [-0.1, -0.05) is 30.3 Å². The zero-order valence-corrected chi connectivity index (χ0v) is 18.8. The first-order valence-electron chi connectivity index (χ1n) is 11.3. The minimum absolute atomic E-state index is 0.0439. The molecule has 0 radical (unpaired) electrons. The fourth-order valence-corrected chi connectivity index (χ4v) is 4.10. The molecule has 0 atom stereocenters. The van der Waals surface area contributed by atoms with E-state index in [0.29, 0.717) is 18.7 Å². The van der Waals surface area contributed by atoms with Crippen molar-refractivity contribution in [3.05, 3.63) is 71.9 Å². The lowest BCUT2D eigenvalue weighted by atomic mass is 10.1. The molecule has 2 heterocycles. The van der Waals surface area contributed by atoms with Crippen LogP contribution in [0.1, 0.15) is 23.0 Å². The van der Waals surface area contributed by atoms with Gasteiger partial charge < -0.3 is 19.4 Å². The van der Waals surface area contributed by atoms with E-state index in [4.69, 9.17) is 9.47 Å². The first-order valence-corrected chi connectivity index (χ1v) is 11.3. The third-order valence-electron chi connectivity index (χ3n) is 5.78. The van der Waals surface area contributed by atoms with Gasteiger partial charge in [-0.15, -0.1) is 0 Å². The number of carbonyl (C=O) groups is 1. The lowest BCUT2D eigenvalue weighted by Crippen LogP contribution is -2.41. The van der Waals surface area contributed by atoms with Crippen LogP contribution in [0.15, 0.2) is 60.7 Å². The largest absolute Gasteiger partial charge is 0.494 e. The number of ether oxygens (including phenoxy) is 2. The number of carbonyl (C=O) groups excluding carboxylic acids is 1. The normalized spacial score (nSPS) is 14.3. The van der Waals surface area contributed by atoms with E-state index in [-0.39, 0.29) is 5.91 Å². The standard InChI is InChI=1S/C26H31N3O3/c1-3-32-23-11-9-22(10-12-23)29-20(2)24(19-25(29)21-7-5-4-6-8-21)26(30)27-13-14-28-15-17-31-18-16-28/h4-12,19H,3,13-18H2,1-2H3,(H,27,30). The number of amides is 1. The molecule has 4 rings (SSSR count). The van der Waals surface area contributed by atoms with Crippen molar-refractivity contribution < 1.29 is 14.3 Å². The number of hydrogen-bond donors (Lipinski definition) is 1. The molecule has 1 N–H and O–H groups in total. The third kappa shape index (κ3) is 5.03. The van der Waals surface area contributed by atoms with E-state index < -0.39 is 0 Å². The Kier molecular flexibility index (Phi) is 7.24. The summed E-state index contributed by atoms with van der Waals surface area (Å²) in [6.45, 7) is 9.42. The number of nitrogens with zero attached hydrogens (tertiary/aromatic N) is 2. The summed E-state index contributed by atoms with van der Waals surface area (Å²) in [5.41, 5.74) is 4.66. The second-order valence-electron chi connectivity index (χ2n) is 7.87. The van der Waals surface area contributed by atoms with E-state index in [2.05, 4.69) is 26.9 Å². The molecule has 1 aromatic heterocycles. The molecular weight excluding hydrogens is 402 g/mol. The van der Waals surface area contributed by atoms with Gasteiger partial charge in [-0.05, 0) is 49.7 Å². The quantitative estimate of drug-likeness (QED) is 0.585. The molecule has 0 bridgehead atoms. The van der Waals surface area contributed by atoms with Gasteiger partial charge in [0.15, 0.2) is 0 Å². The Morgan fingerprint density at radius 1 is 1.06 bits per heavy atom. The van der Waals surface area contributed by atoms with Crippen LogP contribution < -0.4 is 10.1 Å². The summed E-state index contributed by atoms with van der Waals surface area (Å²) in [5, 5.41) is 3.10. The Bertz CT molecular complexity index is 1020. The molecule has 6 nitrogen and oxygen atoms in total. The van der Waals surface area contributed by atoms with Gasteiger partial charge in [0.05, 0.1) is 31.1 Å². The van der Waals surface area contributed by atoms with Gasteiger partial charge in [0.2, 0.25) is 0 Å². The Labute approximate surface area is 189 Å². The Morgan fingerprint density at radius 3 is 2.47 bits per heavy atom. The van der Waals surface area contributed by atoms with Crippen molar-refractivity contribution in [3.8, 4) is 22.7 Å². The first kappa shape index (κ1) is 22.1. The fourth-order valence-electron chi connectivity index (χ4n) is 4.10. The van der Waals surface area contributed by atoms with E-state index in [1.807, 2.05) is 62.4 Å². The van der Waals surface area contributed by atoms with Crippen molar-refractivity contribution in [3.63, 3.8) is 0 Å². The lowest BCUT2D eigenvalue weighted by molar-refractivity contribution is 0.0383. The van der Waals surface area contributed by atoms with Crippen molar-refractivity contribution in [2.24, 2.45) is 0 Å². The zero-order chi connectivity index (χ0) is 22.3. The highest BCUT2D eigenvalue weighted by atomic mass is 16.5. The van der Waals surface area contributed by atoms with Crippen LogP contribution in [0.4, 0.5) is 0 Å². The van der Waals surface area contributed by atoms with Crippen LogP contribution in [0.5, 0.6) is 5.75 Å². The van der Waals surface area contributed by atoms with Crippen LogP contribution in [0.3, 0.4) is 0 Å². The molecule has 1 amide bonds. The lowest BCUT2D eigenvalue weighted by Gasteiger charge is -2.26. The van der Waals surface area contributed by atoms with Gasteiger partial charge in [0, 0.05) is 37.6 Å². The van der Waals surface area contributed by atoms with Crippen molar-refractivity contribution in [1.29, 1.82) is 0 Å². The van der Waals surface area contributed by atoms with Crippen LogP contribution in [-0.4, -0.2) is 61.4 Å². The molecule has 0 spiro atoms. The van der Waals surface area contributed by atoms with Crippen molar-refractivity contribution >= 4 is 5.91 Å². The molecule has 32 heavy (non-hydrogen) atoms. The van der Waals surface area contributed by atoms with Crippen molar-refractivity contribution in [1.82, 2.24) is 14.8 Å². The highest BCUT2D eigenvalue weighted by molar-refractivity contribution is 5.97. The van der Waals surface area contributed by atoms with Gasteiger partial charge >= 0.3 is 0 Å². The Balaban J connectivity index is 1.59. The van der Waals surface area contributed by atoms with Gasteiger partial charge in [0.1, 0.15) is 5.75 Å². The fraction of sp³-hybridized carbons (Fsp3) is 0.346. The minimum Gasteiger partial charge on any atom is -0.494 e. The van der Waals surface area contributed by atoms with E-state index in [0.717, 1.165) is 61.2 Å². The molecule has 168 valence electrons. The van der Waals surface area contributed by atoms with Crippen LogP contribution in [-0.2, 0) is 4.74 Å². The summed E-state index contributed by atoms with van der Waals surface area (Å²) in [6, 6.07) is 20.2. The number of benzene rings is 2. The smallest absolute Gasteiger partial charge is 0.253 e. The molecule has 2 aromatic carbocycles. The maximum absolute atomic E-state index is 13.1. The van der Waals surface area contributed by atoms with Crippen molar-refractivity contribution in [2.45, 2.75) is 13.8 Å². The summed E-state index contributed by atoms with van der Waals surface area (Å²) < 4.78 is 13.1. The molecule has 0 aliphatic carbocycles. The maximum Gasteiger partial charge on any atom is 0.253 e. The summed E-state index contributed by atoms with van der Waals surface area (Å²) in [5.74, 6) is 0.793. The summed E-state index contributed by atoms with van der Waals surface area (Å²) >= 11 is 0. The topological polar surface area (TPSA) is 55.7 Å². The third-order valence-corrected chi connectivity index (χ3v) is 5.78. The second-order valence-corrected chi connectivity index (χ2v) is 7.87. The molecule has 0 unspecified atom stereocenters. The van der Waals surface area contributed by atoms with E-state index in [9.17, 15) is 4.79 Å². The molecule has 1 fully saturated rings. The number of rotatable bonds is 8. The maximum atomic E-state index is 13.1.